The minimum absolute atomic E-state index is 0.0159. The Kier molecular flexibility index (Phi) is 9.63. The smallest absolute Gasteiger partial charge is 0.191 e. The lowest BCUT2D eigenvalue weighted by Gasteiger charge is -2.15. The van der Waals surface area contributed by atoms with Gasteiger partial charge in [0, 0.05) is 26.8 Å². The normalized spacial score (nSPS) is 12.6. The van der Waals surface area contributed by atoms with Crippen LogP contribution in [0.1, 0.15) is 20.3 Å². The molecule has 1 rings (SSSR count). The van der Waals surface area contributed by atoms with Crippen LogP contribution in [0.25, 0.3) is 0 Å². The summed E-state index contributed by atoms with van der Waals surface area (Å²) in [4.78, 5) is 4.54. The van der Waals surface area contributed by atoms with Crippen LogP contribution in [-0.2, 0) is 4.74 Å². The Bertz CT molecular complexity index is 449. The highest BCUT2D eigenvalue weighted by atomic mass is 16.5. The topological polar surface area (TPSA) is 64.1 Å². The number of hydrogen-bond acceptors (Lipinski definition) is 4. The van der Waals surface area contributed by atoms with Crippen LogP contribution in [0, 0.1) is 0 Å². The van der Waals surface area contributed by atoms with E-state index in [4.69, 9.17) is 14.2 Å². The van der Waals surface area contributed by atoms with Gasteiger partial charge in [-0.25, -0.2) is 4.99 Å². The number of methoxy groups -OCH3 is 2. The minimum Gasteiger partial charge on any atom is -0.497 e. The van der Waals surface area contributed by atoms with Crippen molar-refractivity contribution in [1.29, 1.82) is 0 Å². The van der Waals surface area contributed by atoms with Crippen molar-refractivity contribution in [2.75, 3.05) is 40.5 Å². The van der Waals surface area contributed by atoms with E-state index in [2.05, 4.69) is 15.6 Å². The first-order valence-corrected chi connectivity index (χ1v) is 8.01. The van der Waals surface area contributed by atoms with E-state index in [9.17, 15) is 0 Å². The molecule has 1 aromatic rings. The summed E-state index contributed by atoms with van der Waals surface area (Å²) in [6.45, 7) is 7.01. The Morgan fingerprint density at radius 2 is 1.83 bits per heavy atom. The van der Waals surface area contributed by atoms with Gasteiger partial charge in [0.15, 0.2) is 5.96 Å². The van der Waals surface area contributed by atoms with Gasteiger partial charge >= 0.3 is 0 Å². The number of ether oxygens (including phenoxy) is 3. The molecule has 2 N–H and O–H groups in total. The first kappa shape index (κ1) is 19.1. The quantitative estimate of drug-likeness (QED) is 0.392. The van der Waals surface area contributed by atoms with Crippen LogP contribution in [0.3, 0.4) is 0 Å². The lowest BCUT2D eigenvalue weighted by molar-refractivity contribution is 0.195. The van der Waals surface area contributed by atoms with Crippen molar-refractivity contribution in [2.24, 2.45) is 4.99 Å². The average molecular weight is 323 g/mol. The summed E-state index contributed by atoms with van der Waals surface area (Å²) in [6.07, 6.45) is 0.927. The Balaban J connectivity index is 2.42. The van der Waals surface area contributed by atoms with Crippen molar-refractivity contribution in [3.05, 3.63) is 24.3 Å². The second-order valence-corrected chi connectivity index (χ2v) is 5.10. The molecule has 0 radical (unpaired) electrons. The van der Waals surface area contributed by atoms with Gasteiger partial charge in [-0.15, -0.1) is 0 Å². The van der Waals surface area contributed by atoms with Crippen LogP contribution >= 0.6 is 0 Å². The van der Waals surface area contributed by atoms with Crippen LogP contribution < -0.4 is 20.1 Å². The first-order chi connectivity index (χ1) is 11.2. The lowest BCUT2D eigenvalue weighted by Crippen LogP contribution is -2.38. The molecule has 0 aliphatic heterocycles. The van der Waals surface area contributed by atoms with Gasteiger partial charge in [-0.05, 0) is 44.5 Å². The van der Waals surface area contributed by atoms with Crippen LogP contribution in [0.2, 0.25) is 0 Å². The predicted octanol–water partition coefficient (Wildman–Crippen LogP) is 2.05. The zero-order chi connectivity index (χ0) is 16.9. The maximum absolute atomic E-state index is 5.85. The molecule has 1 unspecified atom stereocenters. The molecule has 0 saturated carbocycles. The molecule has 1 atom stereocenters. The fourth-order valence-electron chi connectivity index (χ4n) is 1.91. The zero-order valence-electron chi connectivity index (χ0n) is 14.6. The third-order valence-electron chi connectivity index (χ3n) is 3.07. The molecule has 0 amide bonds. The molecule has 23 heavy (non-hydrogen) atoms. The van der Waals surface area contributed by atoms with E-state index >= 15 is 0 Å². The number of benzene rings is 1. The molecule has 0 spiro atoms. The highest BCUT2D eigenvalue weighted by Gasteiger charge is 2.05. The summed E-state index contributed by atoms with van der Waals surface area (Å²) < 4.78 is 16.0. The van der Waals surface area contributed by atoms with Crippen LogP contribution in [-0.4, -0.2) is 52.5 Å². The summed E-state index contributed by atoms with van der Waals surface area (Å²) >= 11 is 0. The molecular weight excluding hydrogens is 294 g/mol. The lowest BCUT2D eigenvalue weighted by atomic mass is 10.3. The molecule has 0 fully saturated rings. The molecule has 0 aliphatic carbocycles. The van der Waals surface area contributed by atoms with Crippen molar-refractivity contribution >= 4 is 5.96 Å². The van der Waals surface area contributed by atoms with Crippen LogP contribution in [0.5, 0.6) is 11.5 Å². The number of nitrogens with zero attached hydrogens (tertiary/aromatic N) is 1. The van der Waals surface area contributed by atoms with Crippen molar-refractivity contribution < 1.29 is 14.2 Å². The Labute approximate surface area is 139 Å². The molecular formula is C17H29N3O3. The van der Waals surface area contributed by atoms with Gasteiger partial charge in [0.2, 0.25) is 0 Å². The van der Waals surface area contributed by atoms with Gasteiger partial charge in [-0.1, -0.05) is 0 Å². The Morgan fingerprint density at radius 1 is 1.13 bits per heavy atom. The third-order valence-corrected chi connectivity index (χ3v) is 3.07. The average Bonchev–Trinajstić information content (AvgIpc) is 2.57. The minimum atomic E-state index is -0.0159. The number of guanidine groups is 1. The molecule has 0 aromatic heterocycles. The maximum atomic E-state index is 5.85. The van der Waals surface area contributed by atoms with Crippen molar-refractivity contribution in [3.63, 3.8) is 0 Å². The van der Waals surface area contributed by atoms with E-state index in [1.807, 2.05) is 38.1 Å². The number of rotatable bonds is 10. The zero-order valence-corrected chi connectivity index (χ0v) is 14.6. The van der Waals surface area contributed by atoms with Gasteiger partial charge in [-0.2, -0.15) is 0 Å². The molecule has 6 heteroatoms. The van der Waals surface area contributed by atoms with Crippen molar-refractivity contribution in [3.8, 4) is 11.5 Å². The van der Waals surface area contributed by atoms with E-state index in [0.717, 1.165) is 43.6 Å². The first-order valence-electron chi connectivity index (χ1n) is 8.01. The molecule has 0 aliphatic rings. The van der Waals surface area contributed by atoms with Crippen molar-refractivity contribution in [2.45, 2.75) is 26.4 Å². The van der Waals surface area contributed by atoms with Gasteiger partial charge in [-0.3, -0.25) is 0 Å². The molecule has 130 valence electrons. The van der Waals surface area contributed by atoms with Gasteiger partial charge in [0.05, 0.1) is 13.7 Å². The number of nitrogens with one attached hydrogen (secondary N) is 2. The second-order valence-electron chi connectivity index (χ2n) is 5.10. The summed E-state index contributed by atoms with van der Waals surface area (Å²) in [6, 6.07) is 7.56. The predicted molar refractivity (Wildman–Crippen MR) is 93.6 cm³/mol. The van der Waals surface area contributed by atoms with E-state index in [1.165, 1.54) is 0 Å². The van der Waals surface area contributed by atoms with Gasteiger partial charge in [0.25, 0.3) is 0 Å². The fourth-order valence-corrected chi connectivity index (χ4v) is 1.91. The SMILES string of the molecule is CCNC(=NCC(C)Oc1ccc(OC)cc1)NCCCOC. The third kappa shape index (κ3) is 8.30. The highest BCUT2D eigenvalue weighted by molar-refractivity contribution is 5.79. The maximum Gasteiger partial charge on any atom is 0.191 e. The van der Waals surface area contributed by atoms with Crippen molar-refractivity contribution in [1.82, 2.24) is 10.6 Å². The van der Waals surface area contributed by atoms with Crippen LogP contribution in [0.4, 0.5) is 0 Å². The largest absolute Gasteiger partial charge is 0.497 e. The number of aliphatic imine (C=N–C) groups is 1. The second kappa shape index (κ2) is 11.6. The van der Waals surface area contributed by atoms with Crippen LogP contribution in [0.15, 0.2) is 29.3 Å². The standard InChI is InChI=1S/C17H29N3O3/c1-5-18-17(19-11-6-12-21-3)20-13-14(2)23-16-9-7-15(22-4)8-10-16/h7-10,14H,5-6,11-13H2,1-4H3,(H2,18,19,20). The summed E-state index contributed by atoms with van der Waals surface area (Å²) in [5, 5.41) is 6.50. The molecule has 0 bridgehead atoms. The van der Waals surface area contributed by atoms with Gasteiger partial charge in [0.1, 0.15) is 17.6 Å². The van der Waals surface area contributed by atoms with E-state index in [1.54, 1.807) is 14.2 Å². The number of hydrogen-bond donors (Lipinski definition) is 2. The summed E-state index contributed by atoms with van der Waals surface area (Å²) in [5.74, 6) is 2.43. The monoisotopic (exact) mass is 323 g/mol. The fraction of sp³-hybridized carbons (Fsp3) is 0.588. The van der Waals surface area contributed by atoms with Gasteiger partial charge < -0.3 is 24.8 Å². The molecule has 0 saturated heterocycles. The van der Waals surface area contributed by atoms with E-state index < -0.39 is 0 Å². The van der Waals surface area contributed by atoms with E-state index in [0.29, 0.717) is 6.54 Å². The highest BCUT2D eigenvalue weighted by Crippen LogP contribution is 2.18. The summed E-state index contributed by atoms with van der Waals surface area (Å²) in [5.41, 5.74) is 0. The Hall–Kier alpha value is -1.95. The molecule has 6 nitrogen and oxygen atoms in total. The molecule has 1 aromatic carbocycles. The Morgan fingerprint density at radius 3 is 2.43 bits per heavy atom. The summed E-state index contributed by atoms with van der Waals surface area (Å²) in [7, 11) is 3.35. The van der Waals surface area contributed by atoms with E-state index in [-0.39, 0.29) is 6.10 Å². The molecule has 0 heterocycles.